The molecule has 11 nitrogen and oxygen atoms in total. The lowest BCUT2D eigenvalue weighted by molar-refractivity contribution is -0.253. The van der Waals surface area contributed by atoms with Gasteiger partial charge in [-0.1, -0.05) is 36.4 Å². The standard InChI is InChI=1S/C33H45N3O8/c1-33(2,3)44-31(40)27-10-7-17-36(27)20-26-19-28(23-15-13-22(21-37)14-16-23)43-32(42-26)24-8-6-9-25(18-24)34-29(38)11-4-5-12-30(39)35-41/h6,8-9,13-16,18,26-28,32,37,41H,4-5,7,10-12,17,19-21H2,1-3H3,(H,34,38)(H,35,39)/t26-,27-,28+,32+/m0/s1. The number of nitrogens with one attached hydrogen (secondary N) is 2. The van der Waals surface area contributed by atoms with Crippen molar-refractivity contribution in [2.45, 2.75) is 102 Å². The zero-order chi connectivity index (χ0) is 31.7. The van der Waals surface area contributed by atoms with Crippen LogP contribution in [0.5, 0.6) is 0 Å². The van der Waals surface area contributed by atoms with Gasteiger partial charge in [-0.05, 0) is 76.3 Å². The fourth-order valence-electron chi connectivity index (χ4n) is 5.59. The molecule has 0 aliphatic carbocycles. The molecule has 4 atom stereocenters. The minimum atomic E-state index is -0.715. The normalized spacial score (nSPS) is 22.4. The third-order valence-electron chi connectivity index (χ3n) is 7.72. The van der Waals surface area contributed by atoms with Gasteiger partial charge in [0.1, 0.15) is 11.6 Å². The van der Waals surface area contributed by atoms with E-state index in [1.807, 2.05) is 63.2 Å². The Morgan fingerprint density at radius 3 is 2.41 bits per heavy atom. The molecule has 4 rings (SSSR count). The van der Waals surface area contributed by atoms with E-state index in [-0.39, 0.29) is 49.6 Å². The average molecular weight is 612 g/mol. The van der Waals surface area contributed by atoms with Crippen LogP contribution in [0.15, 0.2) is 48.5 Å². The highest BCUT2D eigenvalue weighted by Crippen LogP contribution is 2.39. The zero-order valence-electron chi connectivity index (χ0n) is 25.8. The third-order valence-corrected chi connectivity index (χ3v) is 7.72. The van der Waals surface area contributed by atoms with Crippen molar-refractivity contribution in [3.05, 3.63) is 65.2 Å². The molecule has 2 aliphatic heterocycles. The zero-order valence-corrected chi connectivity index (χ0v) is 25.8. The van der Waals surface area contributed by atoms with Gasteiger partial charge in [-0.25, -0.2) is 5.48 Å². The van der Waals surface area contributed by atoms with Gasteiger partial charge in [0, 0.05) is 37.1 Å². The lowest BCUT2D eigenvalue weighted by atomic mass is 9.99. The molecule has 2 fully saturated rings. The molecule has 0 spiro atoms. The number of aliphatic hydroxyl groups excluding tert-OH is 1. The lowest BCUT2D eigenvalue weighted by Crippen LogP contribution is -2.45. The van der Waals surface area contributed by atoms with Crippen molar-refractivity contribution < 1.29 is 38.9 Å². The topological polar surface area (TPSA) is 147 Å². The first kappa shape index (κ1) is 33.5. The molecule has 2 aromatic rings. The Kier molecular flexibility index (Phi) is 11.9. The number of amides is 2. The summed E-state index contributed by atoms with van der Waals surface area (Å²) in [6.45, 7) is 6.89. The van der Waals surface area contributed by atoms with E-state index in [0.29, 0.717) is 31.5 Å². The Labute approximate surface area is 258 Å². The van der Waals surface area contributed by atoms with Gasteiger partial charge in [0.15, 0.2) is 6.29 Å². The highest BCUT2D eigenvalue weighted by molar-refractivity contribution is 5.90. The van der Waals surface area contributed by atoms with Crippen molar-refractivity contribution in [2.75, 3.05) is 18.4 Å². The molecule has 2 aliphatic rings. The number of hydroxylamine groups is 1. The van der Waals surface area contributed by atoms with Crippen molar-refractivity contribution in [3.8, 4) is 0 Å². The Morgan fingerprint density at radius 2 is 1.73 bits per heavy atom. The molecule has 0 aromatic heterocycles. The van der Waals surface area contributed by atoms with E-state index in [2.05, 4.69) is 10.2 Å². The van der Waals surface area contributed by atoms with Crippen molar-refractivity contribution in [1.82, 2.24) is 10.4 Å². The van der Waals surface area contributed by atoms with Crippen LogP contribution in [0.4, 0.5) is 5.69 Å². The molecular formula is C33H45N3O8. The van der Waals surface area contributed by atoms with Gasteiger partial charge in [-0.3, -0.25) is 24.5 Å². The van der Waals surface area contributed by atoms with Crippen LogP contribution in [0.3, 0.4) is 0 Å². The molecule has 4 N–H and O–H groups in total. The lowest BCUT2D eigenvalue weighted by Gasteiger charge is -2.38. The van der Waals surface area contributed by atoms with Crippen LogP contribution in [-0.4, -0.2) is 63.8 Å². The van der Waals surface area contributed by atoms with Gasteiger partial charge >= 0.3 is 5.97 Å². The summed E-state index contributed by atoms with van der Waals surface area (Å²) in [7, 11) is 0. The summed E-state index contributed by atoms with van der Waals surface area (Å²) < 4.78 is 18.7. The summed E-state index contributed by atoms with van der Waals surface area (Å²) in [5, 5.41) is 21.0. The van der Waals surface area contributed by atoms with Crippen LogP contribution in [-0.2, 0) is 35.2 Å². The van der Waals surface area contributed by atoms with E-state index in [1.165, 1.54) is 0 Å². The molecule has 44 heavy (non-hydrogen) atoms. The second-order valence-corrected chi connectivity index (χ2v) is 12.5. The Bertz CT molecular complexity index is 1260. The number of likely N-dealkylation sites (tertiary alicyclic amines) is 1. The smallest absolute Gasteiger partial charge is 0.323 e. The molecule has 0 bridgehead atoms. The molecule has 2 amide bonds. The number of rotatable bonds is 12. The molecule has 0 radical (unpaired) electrons. The van der Waals surface area contributed by atoms with Gasteiger partial charge in [0.2, 0.25) is 11.8 Å². The fraction of sp³-hybridized carbons (Fsp3) is 0.545. The van der Waals surface area contributed by atoms with E-state index in [1.54, 1.807) is 11.5 Å². The number of aliphatic hydroxyl groups is 1. The number of esters is 1. The average Bonchev–Trinajstić information content (AvgIpc) is 3.46. The summed E-state index contributed by atoms with van der Waals surface area (Å²) in [5.41, 5.74) is 4.15. The highest BCUT2D eigenvalue weighted by atomic mass is 16.7. The van der Waals surface area contributed by atoms with E-state index < -0.39 is 17.8 Å². The van der Waals surface area contributed by atoms with Gasteiger partial charge in [0.25, 0.3) is 0 Å². The molecule has 240 valence electrons. The summed E-state index contributed by atoms with van der Waals surface area (Å²) >= 11 is 0. The van der Waals surface area contributed by atoms with Crippen LogP contribution >= 0.6 is 0 Å². The largest absolute Gasteiger partial charge is 0.459 e. The Hall–Kier alpha value is -3.35. The predicted octanol–water partition coefficient (Wildman–Crippen LogP) is 4.53. The van der Waals surface area contributed by atoms with Crippen molar-refractivity contribution in [3.63, 3.8) is 0 Å². The first-order valence-corrected chi connectivity index (χ1v) is 15.3. The number of ether oxygens (including phenoxy) is 3. The molecule has 0 saturated carbocycles. The first-order valence-electron chi connectivity index (χ1n) is 15.3. The number of carbonyl (C=O) groups excluding carboxylic acids is 3. The summed E-state index contributed by atoms with van der Waals surface area (Å²) in [5.74, 6) is -0.870. The van der Waals surface area contributed by atoms with E-state index in [9.17, 15) is 19.5 Å². The van der Waals surface area contributed by atoms with Crippen LogP contribution in [0, 0.1) is 0 Å². The van der Waals surface area contributed by atoms with Crippen molar-refractivity contribution in [1.29, 1.82) is 0 Å². The van der Waals surface area contributed by atoms with Gasteiger partial charge < -0.3 is 24.6 Å². The van der Waals surface area contributed by atoms with Gasteiger partial charge in [-0.15, -0.1) is 0 Å². The second kappa shape index (κ2) is 15.6. The molecule has 2 aromatic carbocycles. The van der Waals surface area contributed by atoms with E-state index in [4.69, 9.17) is 19.4 Å². The number of anilines is 1. The van der Waals surface area contributed by atoms with Crippen LogP contribution in [0.2, 0.25) is 0 Å². The molecule has 2 heterocycles. The molecule has 11 heteroatoms. The Morgan fingerprint density at radius 1 is 1.00 bits per heavy atom. The van der Waals surface area contributed by atoms with Crippen molar-refractivity contribution in [2.24, 2.45) is 0 Å². The molecule has 2 saturated heterocycles. The minimum absolute atomic E-state index is 0.0440. The van der Waals surface area contributed by atoms with Gasteiger partial charge in [0.05, 0.1) is 18.8 Å². The highest BCUT2D eigenvalue weighted by Gasteiger charge is 2.39. The number of carbonyl (C=O) groups is 3. The molecule has 0 unspecified atom stereocenters. The maximum Gasteiger partial charge on any atom is 0.323 e. The fourth-order valence-corrected chi connectivity index (χ4v) is 5.59. The molecular weight excluding hydrogens is 566 g/mol. The predicted molar refractivity (Wildman–Crippen MR) is 162 cm³/mol. The van der Waals surface area contributed by atoms with E-state index >= 15 is 0 Å². The number of nitrogens with zero attached hydrogens (tertiary/aromatic N) is 1. The quantitative estimate of drug-likeness (QED) is 0.118. The summed E-state index contributed by atoms with van der Waals surface area (Å²) in [6, 6.07) is 14.7. The van der Waals surface area contributed by atoms with E-state index in [0.717, 1.165) is 36.1 Å². The Balaban J connectivity index is 1.47. The number of hydrogen-bond acceptors (Lipinski definition) is 9. The number of benzene rings is 2. The monoisotopic (exact) mass is 611 g/mol. The van der Waals surface area contributed by atoms with Crippen LogP contribution < -0.4 is 10.8 Å². The SMILES string of the molecule is CC(C)(C)OC(=O)[C@@H]1CCCN1C[C@@H]1C[C@H](c2ccc(CO)cc2)O[C@H](c2cccc(NC(=O)CCCCC(=O)NO)c2)O1. The summed E-state index contributed by atoms with van der Waals surface area (Å²) in [4.78, 5) is 38.8. The maximum atomic E-state index is 13.0. The number of hydrogen-bond donors (Lipinski definition) is 4. The summed E-state index contributed by atoms with van der Waals surface area (Å²) in [6.07, 6.45) is 2.35. The number of unbranched alkanes of at least 4 members (excludes halogenated alkanes) is 1. The second-order valence-electron chi connectivity index (χ2n) is 12.5. The van der Waals surface area contributed by atoms with Gasteiger partial charge in [-0.2, -0.15) is 0 Å². The van der Waals surface area contributed by atoms with Crippen LogP contribution in [0.25, 0.3) is 0 Å². The van der Waals surface area contributed by atoms with Crippen LogP contribution in [0.1, 0.15) is 94.8 Å². The first-order chi connectivity index (χ1) is 21.0. The maximum absolute atomic E-state index is 13.0. The minimum Gasteiger partial charge on any atom is -0.459 e. The van der Waals surface area contributed by atoms with Crippen molar-refractivity contribution >= 4 is 23.5 Å². The third kappa shape index (κ3) is 9.83.